The predicted molar refractivity (Wildman–Crippen MR) is 76.7 cm³/mol. The SMILES string of the molecule is COC(=O)C[C@H](Nc1nc(Cl)cc(C)c1[N+](=O)[O-])C(=O)OC. The maximum absolute atomic E-state index is 11.7. The van der Waals surface area contributed by atoms with E-state index >= 15 is 0 Å². The number of hydrogen-bond donors (Lipinski definition) is 1. The molecule has 0 aliphatic carbocycles. The summed E-state index contributed by atoms with van der Waals surface area (Å²) < 4.78 is 9.02. The fraction of sp³-hybridized carbons (Fsp3) is 0.417. The molecule has 0 aromatic carbocycles. The van der Waals surface area contributed by atoms with Gasteiger partial charge in [0.25, 0.3) is 0 Å². The zero-order valence-electron chi connectivity index (χ0n) is 12.1. The van der Waals surface area contributed by atoms with Crippen molar-refractivity contribution < 1.29 is 24.0 Å². The van der Waals surface area contributed by atoms with Crippen LogP contribution < -0.4 is 5.32 Å². The molecule has 0 saturated carbocycles. The predicted octanol–water partition coefficient (Wildman–Crippen LogP) is 1.47. The molecule has 9 nitrogen and oxygen atoms in total. The smallest absolute Gasteiger partial charge is 0.328 e. The highest BCUT2D eigenvalue weighted by atomic mass is 35.5. The second-order valence-corrected chi connectivity index (χ2v) is 4.60. The quantitative estimate of drug-likeness (QED) is 0.360. The number of aryl methyl sites for hydroxylation is 1. The van der Waals surface area contributed by atoms with Crippen molar-refractivity contribution in [1.29, 1.82) is 0 Å². The monoisotopic (exact) mass is 331 g/mol. The summed E-state index contributed by atoms with van der Waals surface area (Å²) in [5.41, 5.74) is -0.0858. The summed E-state index contributed by atoms with van der Waals surface area (Å²) in [4.78, 5) is 37.3. The number of nitrogens with zero attached hydrogens (tertiary/aromatic N) is 2. The lowest BCUT2D eigenvalue weighted by atomic mass is 10.2. The molecular formula is C12H14ClN3O6. The standard InChI is InChI=1S/C12H14ClN3O6/c1-6-4-8(13)15-11(10(6)16(19)20)14-7(12(18)22-3)5-9(17)21-2/h4,7H,5H2,1-3H3,(H,14,15)/t7-/m0/s1. The fourth-order valence-corrected chi connectivity index (χ4v) is 1.96. The third-order valence-electron chi connectivity index (χ3n) is 2.73. The van der Waals surface area contributed by atoms with E-state index in [0.29, 0.717) is 0 Å². The van der Waals surface area contributed by atoms with Crippen molar-refractivity contribution in [2.75, 3.05) is 19.5 Å². The lowest BCUT2D eigenvalue weighted by Gasteiger charge is -2.16. The minimum atomic E-state index is -1.19. The number of carbonyl (C=O) groups is 2. The van der Waals surface area contributed by atoms with Crippen LogP contribution in [0.1, 0.15) is 12.0 Å². The number of esters is 2. The highest BCUT2D eigenvalue weighted by Gasteiger charge is 2.28. The average Bonchev–Trinajstić information content (AvgIpc) is 2.44. The van der Waals surface area contributed by atoms with Crippen LogP contribution in [0.15, 0.2) is 6.07 Å². The number of nitrogens with one attached hydrogen (secondary N) is 1. The van der Waals surface area contributed by atoms with Crippen molar-refractivity contribution in [2.24, 2.45) is 0 Å². The second kappa shape index (κ2) is 7.55. The Balaban J connectivity index is 3.19. The van der Waals surface area contributed by atoms with Gasteiger partial charge < -0.3 is 14.8 Å². The van der Waals surface area contributed by atoms with Gasteiger partial charge in [0.2, 0.25) is 5.82 Å². The zero-order chi connectivity index (χ0) is 16.9. The molecule has 1 rings (SSSR count). The van der Waals surface area contributed by atoms with Crippen molar-refractivity contribution in [1.82, 2.24) is 4.98 Å². The molecule has 0 radical (unpaired) electrons. The van der Waals surface area contributed by atoms with Crippen molar-refractivity contribution >= 4 is 35.0 Å². The van der Waals surface area contributed by atoms with Crippen LogP contribution in [0.2, 0.25) is 5.15 Å². The lowest BCUT2D eigenvalue weighted by molar-refractivity contribution is -0.384. The molecule has 1 aromatic heterocycles. The molecule has 1 aromatic rings. The number of methoxy groups -OCH3 is 2. The van der Waals surface area contributed by atoms with Crippen LogP contribution in [0.3, 0.4) is 0 Å². The van der Waals surface area contributed by atoms with Crippen molar-refractivity contribution in [3.05, 3.63) is 26.9 Å². The van der Waals surface area contributed by atoms with E-state index in [1.807, 2.05) is 0 Å². The molecule has 0 aliphatic heterocycles. The maximum Gasteiger partial charge on any atom is 0.328 e. The van der Waals surface area contributed by atoms with E-state index in [4.69, 9.17) is 11.6 Å². The molecule has 0 saturated heterocycles. The molecule has 10 heteroatoms. The van der Waals surface area contributed by atoms with Crippen LogP contribution in [0, 0.1) is 17.0 Å². The summed E-state index contributed by atoms with van der Waals surface area (Å²) in [5.74, 6) is -1.71. The Kier molecular flexibility index (Phi) is 6.05. The summed E-state index contributed by atoms with van der Waals surface area (Å²) in [6.45, 7) is 1.48. The normalized spacial score (nSPS) is 11.5. The topological polar surface area (TPSA) is 121 Å². The molecular weight excluding hydrogens is 318 g/mol. The number of nitro groups is 1. The van der Waals surface area contributed by atoms with Crippen LogP contribution >= 0.6 is 11.6 Å². The first-order valence-corrected chi connectivity index (χ1v) is 6.40. The van der Waals surface area contributed by atoms with E-state index in [0.717, 1.165) is 14.2 Å². The van der Waals surface area contributed by atoms with Crippen molar-refractivity contribution in [3.8, 4) is 0 Å². The molecule has 0 unspecified atom stereocenters. The molecule has 1 heterocycles. The van der Waals surface area contributed by atoms with Crippen LogP contribution in [-0.2, 0) is 19.1 Å². The highest BCUT2D eigenvalue weighted by molar-refractivity contribution is 6.29. The summed E-state index contributed by atoms with van der Waals surface area (Å²) >= 11 is 5.78. The number of hydrogen-bond acceptors (Lipinski definition) is 8. The molecule has 0 spiro atoms. The van der Waals surface area contributed by atoms with Gasteiger partial charge in [0.1, 0.15) is 11.2 Å². The van der Waals surface area contributed by atoms with Gasteiger partial charge in [0.15, 0.2) is 0 Å². The van der Waals surface area contributed by atoms with Crippen molar-refractivity contribution in [3.63, 3.8) is 0 Å². The minimum absolute atomic E-state index is 0.00674. The van der Waals surface area contributed by atoms with Gasteiger partial charge in [-0.15, -0.1) is 0 Å². The Morgan fingerprint density at radius 2 is 2.09 bits per heavy atom. The molecule has 0 fully saturated rings. The van der Waals surface area contributed by atoms with Gasteiger partial charge in [-0.3, -0.25) is 14.9 Å². The Labute approximate surface area is 130 Å². The first-order valence-electron chi connectivity index (χ1n) is 6.02. The Hall–Kier alpha value is -2.42. The number of pyridine rings is 1. The van der Waals surface area contributed by atoms with Gasteiger partial charge in [0, 0.05) is 5.56 Å². The third-order valence-corrected chi connectivity index (χ3v) is 2.92. The number of anilines is 1. The van der Waals surface area contributed by atoms with E-state index < -0.39 is 22.9 Å². The second-order valence-electron chi connectivity index (χ2n) is 4.22. The summed E-state index contributed by atoms with van der Waals surface area (Å²) in [6, 6.07) is 0.125. The molecule has 120 valence electrons. The molecule has 1 atom stereocenters. The highest BCUT2D eigenvalue weighted by Crippen LogP contribution is 2.29. The first-order chi connectivity index (χ1) is 10.3. The van der Waals surface area contributed by atoms with E-state index in [9.17, 15) is 19.7 Å². The molecule has 0 bridgehead atoms. The Morgan fingerprint density at radius 1 is 1.45 bits per heavy atom. The van der Waals surface area contributed by atoms with E-state index in [2.05, 4.69) is 19.8 Å². The average molecular weight is 332 g/mol. The molecule has 22 heavy (non-hydrogen) atoms. The molecule has 0 amide bonds. The van der Waals surface area contributed by atoms with Gasteiger partial charge in [0.05, 0.1) is 25.6 Å². The van der Waals surface area contributed by atoms with E-state index in [1.54, 1.807) is 0 Å². The van der Waals surface area contributed by atoms with E-state index in [1.165, 1.54) is 13.0 Å². The number of rotatable bonds is 6. The zero-order valence-corrected chi connectivity index (χ0v) is 12.8. The van der Waals surface area contributed by atoms with E-state index in [-0.39, 0.29) is 28.6 Å². The lowest BCUT2D eigenvalue weighted by Crippen LogP contribution is -2.34. The molecule has 1 N–H and O–H groups in total. The van der Waals surface area contributed by atoms with Crippen LogP contribution in [0.5, 0.6) is 0 Å². The van der Waals surface area contributed by atoms with Crippen LogP contribution in [0.4, 0.5) is 11.5 Å². The van der Waals surface area contributed by atoms with Gasteiger partial charge >= 0.3 is 17.6 Å². The number of halogens is 1. The number of carbonyl (C=O) groups excluding carboxylic acids is 2. The third kappa shape index (κ3) is 4.29. The van der Waals surface area contributed by atoms with Gasteiger partial charge in [-0.05, 0) is 13.0 Å². The summed E-state index contributed by atoms with van der Waals surface area (Å²) in [7, 11) is 2.28. The van der Waals surface area contributed by atoms with Gasteiger partial charge in [-0.2, -0.15) is 0 Å². The fourth-order valence-electron chi connectivity index (χ4n) is 1.71. The largest absolute Gasteiger partial charge is 0.469 e. The van der Waals surface area contributed by atoms with Crippen molar-refractivity contribution in [2.45, 2.75) is 19.4 Å². The summed E-state index contributed by atoms with van der Waals surface area (Å²) in [5, 5.41) is 13.6. The van der Waals surface area contributed by atoms with Crippen LogP contribution in [-0.4, -0.2) is 42.1 Å². The number of aromatic nitrogens is 1. The minimum Gasteiger partial charge on any atom is -0.469 e. The number of ether oxygens (including phenoxy) is 2. The van der Waals surface area contributed by atoms with Gasteiger partial charge in [-0.1, -0.05) is 11.6 Å². The van der Waals surface area contributed by atoms with Gasteiger partial charge in [-0.25, -0.2) is 9.78 Å². The Morgan fingerprint density at radius 3 is 2.59 bits per heavy atom. The van der Waals surface area contributed by atoms with Crippen LogP contribution in [0.25, 0.3) is 0 Å². The summed E-state index contributed by atoms with van der Waals surface area (Å²) in [6.07, 6.45) is -0.381. The first kappa shape index (κ1) is 17.6. The maximum atomic E-state index is 11.7. The molecule has 0 aliphatic rings. The Bertz CT molecular complexity index is 607.